The maximum absolute atomic E-state index is 12.9. The summed E-state index contributed by atoms with van der Waals surface area (Å²) in [5, 5.41) is 9.22. The topological polar surface area (TPSA) is 43.8 Å². The van der Waals surface area contributed by atoms with Crippen molar-refractivity contribution in [2.75, 3.05) is 31.1 Å². The second kappa shape index (κ2) is 7.91. The monoisotopic (exact) mass is 422 g/mol. The van der Waals surface area contributed by atoms with Crippen LogP contribution in [0.3, 0.4) is 0 Å². The number of carboxylic acids is 1. The molecule has 0 amide bonds. The summed E-state index contributed by atoms with van der Waals surface area (Å²) in [5.41, 5.74) is 2.19. The summed E-state index contributed by atoms with van der Waals surface area (Å²) in [7, 11) is 0. The Morgan fingerprint density at radius 3 is 2.41 bits per heavy atom. The van der Waals surface area contributed by atoms with Gasteiger partial charge in [0.25, 0.3) is 0 Å². The number of piperazine rings is 1. The molecule has 1 aliphatic carbocycles. The fraction of sp³-hybridized carbons (Fsp3) is 0.381. The van der Waals surface area contributed by atoms with Gasteiger partial charge in [0, 0.05) is 36.8 Å². The highest BCUT2D eigenvalue weighted by Gasteiger charge is 2.31. The first-order valence-corrected chi connectivity index (χ1v) is 10.3. The Labute approximate surface area is 171 Å². The van der Waals surface area contributed by atoms with Gasteiger partial charge in [-0.1, -0.05) is 12.1 Å². The van der Waals surface area contributed by atoms with Gasteiger partial charge in [0.1, 0.15) is 0 Å². The van der Waals surface area contributed by atoms with Crippen molar-refractivity contribution in [1.82, 2.24) is 4.31 Å². The van der Waals surface area contributed by atoms with E-state index in [0.29, 0.717) is 31.6 Å². The number of hydrogen-bond donors (Lipinski definition) is 1. The zero-order valence-corrected chi connectivity index (χ0v) is 16.5. The molecule has 2 aliphatic rings. The molecule has 0 radical (unpaired) electrons. The lowest BCUT2D eigenvalue weighted by Gasteiger charge is -2.35. The van der Waals surface area contributed by atoms with Gasteiger partial charge in [-0.25, -0.2) is 4.31 Å². The number of nitrogens with zero attached hydrogens (tertiary/aromatic N) is 2. The molecule has 1 aliphatic heterocycles. The molecule has 29 heavy (non-hydrogen) atoms. The number of aliphatic carboxylic acids is 1. The summed E-state index contributed by atoms with van der Waals surface area (Å²) in [4.78, 5) is 14.3. The minimum absolute atomic E-state index is 0.332. The zero-order valence-electron chi connectivity index (χ0n) is 15.7. The molecule has 2 aromatic carbocycles. The van der Waals surface area contributed by atoms with Gasteiger partial charge in [0.15, 0.2) is 0 Å². The van der Waals surface area contributed by atoms with Gasteiger partial charge >= 0.3 is 12.1 Å². The number of hydrogen-bond acceptors (Lipinski definition) is 4. The molecule has 1 fully saturated rings. The molecule has 1 atom stereocenters. The quantitative estimate of drug-likeness (QED) is 0.743. The van der Waals surface area contributed by atoms with Gasteiger partial charge in [0.2, 0.25) is 0 Å². The number of rotatable bonds is 4. The van der Waals surface area contributed by atoms with Crippen molar-refractivity contribution in [2.45, 2.75) is 23.9 Å². The number of anilines is 1. The van der Waals surface area contributed by atoms with Gasteiger partial charge in [-0.15, -0.1) is 0 Å². The molecule has 1 heterocycles. The Morgan fingerprint density at radius 1 is 1.00 bits per heavy atom. The normalized spacial score (nSPS) is 20.0. The first kappa shape index (κ1) is 20.1. The van der Waals surface area contributed by atoms with Crippen molar-refractivity contribution in [2.24, 2.45) is 5.92 Å². The molecule has 0 bridgehead atoms. The number of fused-ring (bicyclic) bond motifs is 1. The van der Waals surface area contributed by atoms with E-state index in [1.807, 2.05) is 17.0 Å². The minimum atomic E-state index is -4.33. The number of carbonyl (C=O) groups is 1. The predicted molar refractivity (Wildman–Crippen MR) is 106 cm³/mol. The van der Waals surface area contributed by atoms with Gasteiger partial charge in [-0.3, -0.25) is 4.79 Å². The molecule has 2 aromatic rings. The van der Waals surface area contributed by atoms with E-state index in [9.17, 15) is 23.1 Å². The second-order valence-electron chi connectivity index (χ2n) is 7.43. The SMILES string of the molecule is O=C(O)C1Cc2ccc(SN3CCN(c4cccc(C(F)(F)F)c4)CC3)cc2C1. The molecule has 1 saturated heterocycles. The van der Waals surface area contributed by atoms with Crippen LogP contribution in [0.5, 0.6) is 0 Å². The summed E-state index contributed by atoms with van der Waals surface area (Å²) < 4.78 is 41.0. The first-order chi connectivity index (χ1) is 13.8. The van der Waals surface area contributed by atoms with E-state index in [1.165, 1.54) is 12.1 Å². The summed E-state index contributed by atoms with van der Waals surface area (Å²) in [6, 6.07) is 11.6. The second-order valence-corrected chi connectivity index (χ2v) is 8.60. The lowest BCUT2D eigenvalue weighted by molar-refractivity contribution is -0.141. The third-order valence-corrected chi connectivity index (χ3v) is 6.56. The predicted octanol–water partition coefficient (Wildman–Crippen LogP) is 4.33. The Morgan fingerprint density at radius 2 is 1.72 bits per heavy atom. The Balaban J connectivity index is 1.36. The lowest BCUT2D eigenvalue weighted by atomic mass is 10.1. The third-order valence-electron chi connectivity index (χ3n) is 5.47. The van der Waals surface area contributed by atoms with Crippen LogP contribution < -0.4 is 4.90 Å². The molecule has 4 rings (SSSR count). The molecule has 0 spiro atoms. The molecule has 1 N–H and O–H groups in total. The average molecular weight is 422 g/mol. The molecular weight excluding hydrogens is 401 g/mol. The van der Waals surface area contributed by atoms with Gasteiger partial charge in [0.05, 0.1) is 11.5 Å². The van der Waals surface area contributed by atoms with E-state index in [2.05, 4.69) is 10.4 Å². The standard InChI is InChI=1S/C21H21F3N2O2S/c22-21(23,24)17-2-1-3-18(13-17)25-6-8-26(9-7-25)29-19-5-4-14-10-16(20(27)28)11-15(14)12-19/h1-5,12-13,16H,6-11H2,(H,27,28). The van der Waals surface area contributed by atoms with Crippen molar-refractivity contribution in [3.05, 3.63) is 59.2 Å². The van der Waals surface area contributed by atoms with Crippen LogP contribution in [0.1, 0.15) is 16.7 Å². The molecule has 154 valence electrons. The van der Waals surface area contributed by atoms with E-state index in [-0.39, 0.29) is 5.92 Å². The Kier molecular flexibility index (Phi) is 5.48. The largest absolute Gasteiger partial charge is 0.481 e. The molecule has 4 nitrogen and oxygen atoms in total. The fourth-order valence-electron chi connectivity index (χ4n) is 3.89. The summed E-state index contributed by atoms with van der Waals surface area (Å²) >= 11 is 1.62. The van der Waals surface area contributed by atoms with Crippen LogP contribution in [-0.2, 0) is 23.8 Å². The van der Waals surface area contributed by atoms with E-state index < -0.39 is 17.7 Å². The maximum atomic E-state index is 12.9. The van der Waals surface area contributed by atoms with Crippen molar-refractivity contribution >= 4 is 23.6 Å². The molecule has 1 unspecified atom stereocenters. The van der Waals surface area contributed by atoms with Gasteiger partial charge in [-0.05, 0) is 66.2 Å². The number of carboxylic acid groups (broad SMARTS) is 1. The van der Waals surface area contributed by atoms with Crippen LogP contribution in [0.15, 0.2) is 47.4 Å². The van der Waals surface area contributed by atoms with Crippen molar-refractivity contribution in [1.29, 1.82) is 0 Å². The summed E-state index contributed by atoms with van der Waals surface area (Å²) in [6.45, 7) is 2.77. The van der Waals surface area contributed by atoms with E-state index in [4.69, 9.17) is 0 Å². The smallest absolute Gasteiger partial charge is 0.416 e. The van der Waals surface area contributed by atoms with E-state index in [0.717, 1.165) is 35.2 Å². The van der Waals surface area contributed by atoms with Crippen LogP contribution in [0.2, 0.25) is 0 Å². The molecule has 8 heteroatoms. The third kappa shape index (κ3) is 4.53. The molecular formula is C21H21F3N2O2S. The van der Waals surface area contributed by atoms with E-state index >= 15 is 0 Å². The van der Waals surface area contributed by atoms with Crippen molar-refractivity contribution in [3.63, 3.8) is 0 Å². The van der Waals surface area contributed by atoms with Gasteiger partial charge < -0.3 is 10.0 Å². The van der Waals surface area contributed by atoms with E-state index in [1.54, 1.807) is 18.0 Å². The lowest BCUT2D eigenvalue weighted by Crippen LogP contribution is -2.43. The fourth-order valence-corrected chi connectivity index (χ4v) is 4.86. The van der Waals surface area contributed by atoms with Crippen molar-refractivity contribution < 1.29 is 23.1 Å². The van der Waals surface area contributed by atoms with Crippen LogP contribution in [0.25, 0.3) is 0 Å². The number of benzene rings is 2. The summed E-state index contributed by atoms with van der Waals surface area (Å²) in [5.74, 6) is -1.08. The first-order valence-electron chi connectivity index (χ1n) is 9.49. The maximum Gasteiger partial charge on any atom is 0.416 e. The highest BCUT2D eigenvalue weighted by atomic mass is 32.2. The Bertz CT molecular complexity index is 911. The molecule has 0 saturated carbocycles. The highest BCUT2D eigenvalue weighted by molar-refractivity contribution is 7.97. The Hall–Kier alpha value is -2.19. The van der Waals surface area contributed by atoms with Crippen LogP contribution in [0.4, 0.5) is 18.9 Å². The average Bonchev–Trinajstić information content (AvgIpc) is 3.12. The van der Waals surface area contributed by atoms with Crippen LogP contribution in [0, 0.1) is 5.92 Å². The highest BCUT2D eigenvalue weighted by Crippen LogP contribution is 2.34. The van der Waals surface area contributed by atoms with Crippen molar-refractivity contribution in [3.8, 4) is 0 Å². The van der Waals surface area contributed by atoms with Gasteiger partial charge in [-0.2, -0.15) is 13.2 Å². The number of halogens is 3. The zero-order chi connectivity index (χ0) is 20.6. The minimum Gasteiger partial charge on any atom is -0.481 e. The van der Waals surface area contributed by atoms with Crippen LogP contribution >= 0.6 is 11.9 Å². The summed E-state index contributed by atoms with van der Waals surface area (Å²) in [6.07, 6.45) is -3.17. The molecule has 0 aromatic heterocycles. The number of alkyl halides is 3. The van der Waals surface area contributed by atoms with Crippen LogP contribution in [-0.4, -0.2) is 41.6 Å².